The van der Waals surface area contributed by atoms with Gasteiger partial charge < -0.3 is 14.4 Å². The van der Waals surface area contributed by atoms with Crippen LogP contribution in [0.1, 0.15) is 26.3 Å². The molecular weight excluding hydrogens is 320 g/mol. The molecule has 6 nitrogen and oxygen atoms in total. The van der Waals surface area contributed by atoms with Crippen molar-refractivity contribution in [2.24, 2.45) is 0 Å². The summed E-state index contributed by atoms with van der Waals surface area (Å²) in [7, 11) is 1.61. The Morgan fingerprint density at radius 2 is 1.92 bits per heavy atom. The molecule has 3 aliphatic rings. The maximum atomic E-state index is 12.7. The number of carbonyl (C=O) groups is 2. The Balaban J connectivity index is 1.72. The molecule has 0 saturated carbocycles. The normalized spacial score (nSPS) is 21.7. The summed E-state index contributed by atoms with van der Waals surface area (Å²) in [5, 5.41) is 0. The highest BCUT2D eigenvalue weighted by atomic mass is 16.6. The first-order valence-electron chi connectivity index (χ1n) is 8.22. The topological polar surface area (TPSA) is 59.1 Å². The molecule has 25 heavy (non-hydrogen) atoms. The van der Waals surface area contributed by atoms with Gasteiger partial charge >= 0.3 is 6.09 Å². The molecule has 3 heterocycles. The number of ether oxygens (including phenoxy) is 2. The maximum Gasteiger partial charge on any atom is 0.411 e. The Labute approximate surface area is 147 Å². The first kappa shape index (κ1) is 17.2. The Morgan fingerprint density at radius 1 is 1.24 bits per heavy atom. The second-order valence-electron chi connectivity index (χ2n) is 7.15. The van der Waals surface area contributed by atoms with E-state index in [1.165, 1.54) is 4.90 Å². The molecule has 0 unspecified atom stereocenters. The Kier molecular flexibility index (Phi) is 4.34. The van der Waals surface area contributed by atoms with Gasteiger partial charge in [-0.15, -0.1) is 0 Å². The monoisotopic (exact) mass is 342 g/mol. The fourth-order valence-corrected chi connectivity index (χ4v) is 2.89. The predicted molar refractivity (Wildman–Crippen MR) is 91.8 cm³/mol. The van der Waals surface area contributed by atoms with Crippen LogP contribution in [0.2, 0.25) is 0 Å². The number of rotatable bonds is 3. The lowest BCUT2D eigenvalue weighted by Gasteiger charge is -2.44. The summed E-state index contributed by atoms with van der Waals surface area (Å²) in [5.74, 6) is 6.57. The Morgan fingerprint density at radius 3 is 2.48 bits per heavy atom. The molecule has 0 N–H and O–H groups in total. The summed E-state index contributed by atoms with van der Waals surface area (Å²) in [6, 6.07) is 6.49. The van der Waals surface area contributed by atoms with Gasteiger partial charge in [0.25, 0.3) is 5.91 Å². The van der Waals surface area contributed by atoms with Gasteiger partial charge in [0.05, 0.1) is 13.7 Å². The van der Waals surface area contributed by atoms with Crippen LogP contribution < -0.4 is 4.74 Å². The Bertz CT molecular complexity index is 739. The zero-order valence-corrected chi connectivity index (χ0v) is 14.9. The third kappa shape index (κ3) is 3.55. The van der Waals surface area contributed by atoms with Crippen molar-refractivity contribution in [2.45, 2.75) is 45.0 Å². The highest BCUT2D eigenvalue weighted by molar-refractivity contribution is 5.92. The van der Waals surface area contributed by atoms with Gasteiger partial charge in [0.15, 0.2) is 6.04 Å². The molecule has 2 bridgehead atoms. The number of piperazine rings is 1. The van der Waals surface area contributed by atoms with Crippen LogP contribution in [0.25, 0.3) is 0 Å². The fraction of sp³-hybridized carbons (Fsp3) is 0.474. The van der Waals surface area contributed by atoms with Crippen LogP contribution in [0.3, 0.4) is 0 Å². The smallest absolute Gasteiger partial charge is 0.411 e. The summed E-state index contributed by atoms with van der Waals surface area (Å²) in [6.07, 6.45) is -0.492. The van der Waals surface area contributed by atoms with Crippen molar-refractivity contribution in [1.82, 2.24) is 9.80 Å². The SMILES string of the molecule is COc1ccc(CN2C(=O)[C@H]3C#C[C@@H]2CN3C(=O)OC(C)(C)C)cc1. The molecule has 3 aliphatic heterocycles. The second kappa shape index (κ2) is 6.32. The third-order valence-corrected chi connectivity index (χ3v) is 4.10. The first-order valence-corrected chi connectivity index (χ1v) is 8.22. The van der Waals surface area contributed by atoms with Gasteiger partial charge in [-0.1, -0.05) is 24.0 Å². The molecular formula is C19H22N2O4. The highest BCUT2D eigenvalue weighted by Gasteiger charge is 2.45. The molecule has 1 saturated heterocycles. The molecule has 1 fully saturated rings. The van der Waals surface area contributed by atoms with Crippen molar-refractivity contribution in [3.63, 3.8) is 0 Å². The van der Waals surface area contributed by atoms with E-state index >= 15 is 0 Å². The first-order chi connectivity index (χ1) is 11.8. The van der Waals surface area contributed by atoms with E-state index in [-0.39, 0.29) is 11.9 Å². The lowest BCUT2D eigenvalue weighted by Crippen LogP contribution is -2.64. The van der Waals surface area contributed by atoms with E-state index in [1.54, 1.807) is 32.8 Å². The lowest BCUT2D eigenvalue weighted by atomic mass is 9.99. The molecule has 0 radical (unpaired) electrons. The summed E-state index contributed by atoms with van der Waals surface area (Å²) in [5.41, 5.74) is 0.389. The molecule has 132 valence electrons. The predicted octanol–water partition coefficient (Wildman–Crippen LogP) is 2.03. The van der Waals surface area contributed by atoms with Crippen LogP contribution in [0.4, 0.5) is 4.79 Å². The zero-order chi connectivity index (χ0) is 18.2. The average molecular weight is 342 g/mol. The van der Waals surface area contributed by atoms with Crippen LogP contribution in [0, 0.1) is 11.8 Å². The number of methoxy groups -OCH3 is 1. The lowest BCUT2D eigenvalue weighted by molar-refractivity contribution is -0.142. The van der Waals surface area contributed by atoms with Crippen molar-refractivity contribution < 1.29 is 19.1 Å². The Hall–Kier alpha value is -2.68. The molecule has 1 aromatic rings. The van der Waals surface area contributed by atoms with Gasteiger partial charge in [0.1, 0.15) is 17.4 Å². The van der Waals surface area contributed by atoms with Gasteiger partial charge in [0, 0.05) is 6.54 Å². The average Bonchev–Trinajstić information content (AvgIpc) is 2.57. The summed E-state index contributed by atoms with van der Waals surface area (Å²) in [6.45, 7) is 6.24. The van der Waals surface area contributed by atoms with Gasteiger partial charge in [0.2, 0.25) is 0 Å². The molecule has 2 atom stereocenters. The van der Waals surface area contributed by atoms with Crippen molar-refractivity contribution in [2.75, 3.05) is 13.7 Å². The minimum absolute atomic E-state index is 0.156. The quantitative estimate of drug-likeness (QED) is 0.789. The number of amides is 2. The van der Waals surface area contributed by atoms with Crippen LogP contribution in [-0.4, -0.2) is 53.1 Å². The maximum absolute atomic E-state index is 12.7. The number of hydrogen-bond donors (Lipinski definition) is 0. The van der Waals surface area contributed by atoms with Crippen molar-refractivity contribution in [3.8, 4) is 17.6 Å². The largest absolute Gasteiger partial charge is 0.497 e. The molecule has 0 spiro atoms. The number of nitrogens with zero attached hydrogens (tertiary/aromatic N) is 2. The molecule has 0 aliphatic carbocycles. The van der Waals surface area contributed by atoms with Gasteiger partial charge in [-0.2, -0.15) is 0 Å². The van der Waals surface area contributed by atoms with E-state index in [2.05, 4.69) is 11.8 Å². The molecule has 2 amide bonds. The minimum atomic E-state index is -0.766. The van der Waals surface area contributed by atoms with Crippen LogP contribution >= 0.6 is 0 Å². The zero-order valence-electron chi connectivity index (χ0n) is 14.9. The second-order valence-corrected chi connectivity index (χ2v) is 7.15. The number of hydrogen-bond acceptors (Lipinski definition) is 4. The number of fused-ring (bicyclic) bond motifs is 2. The number of carbonyl (C=O) groups excluding carboxylic acids is 2. The van der Waals surface area contributed by atoms with Gasteiger partial charge in [-0.25, -0.2) is 4.79 Å². The molecule has 0 aromatic heterocycles. The van der Waals surface area contributed by atoms with Crippen LogP contribution in [0.15, 0.2) is 24.3 Å². The summed E-state index contributed by atoms with van der Waals surface area (Å²) >= 11 is 0. The fourth-order valence-electron chi connectivity index (χ4n) is 2.89. The summed E-state index contributed by atoms with van der Waals surface area (Å²) in [4.78, 5) is 28.2. The van der Waals surface area contributed by atoms with Crippen molar-refractivity contribution in [1.29, 1.82) is 0 Å². The van der Waals surface area contributed by atoms with Crippen molar-refractivity contribution in [3.05, 3.63) is 29.8 Å². The van der Waals surface area contributed by atoms with E-state index in [0.29, 0.717) is 13.1 Å². The minimum Gasteiger partial charge on any atom is -0.497 e. The summed E-state index contributed by atoms with van der Waals surface area (Å²) < 4.78 is 10.5. The van der Waals surface area contributed by atoms with Gasteiger partial charge in [-0.3, -0.25) is 9.69 Å². The van der Waals surface area contributed by atoms with E-state index in [0.717, 1.165) is 11.3 Å². The molecule has 4 rings (SSSR count). The van der Waals surface area contributed by atoms with Crippen LogP contribution in [-0.2, 0) is 16.1 Å². The van der Waals surface area contributed by atoms with Crippen molar-refractivity contribution >= 4 is 12.0 Å². The van der Waals surface area contributed by atoms with Gasteiger partial charge in [-0.05, 0) is 38.5 Å². The van der Waals surface area contributed by atoms with E-state index in [4.69, 9.17) is 9.47 Å². The van der Waals surface area contributed by atoms with E-state index in [9.17, 15) is 9.59 Å². The third-order valence-electron chi connectivity index (χ3n) is 4.10. The number of benzene rings is 1. The van der Waals surface area contributed by atoms with E-state index < -0.39 is 17.7 Å². The van der Waals surface area contributed by atoms with E-state index in [1.807, 2.05) is 24.3 Å². The molecule has 6 heteroatoms. The highest BCUT2D eigenvalue weighted by Crippen LogP contribution is 2.25. The standard InChI is InChI=1S/C19H22N2O4/c1-19(2,3)25-18(23)21-12-14-7-10-16(21)17(22)20(14)11-13-5-8-15(24-4)9-6-13/h5-6,8-9,14,16H,11-12H2,1-4H3/t14-,16-/m1/s1. The van der Waals surface area contributed by atoms with Crippen LogP contribution in [0.5, 0.6) is 5.75 Å². The molecule has 1 aromatic carbocycles.